The van der Waals surface area contributed by atoms with Gasteiger partial charge in [-0.25, -0.2) is 4.98 Å². The molecule has 1 aromatic carbocycles. The second kappa shape index (κ2) is 12.9. The number of pyridine rings is 1. The third-order valence-corrected chi connectivity index (χ3v) is 7.14. The van der Waals surface area contributed by atoms with Crippen molar-refractivity contribution in [1.82, 2.24) is 9.88 Å². The topological polar surface area (TPSA) is 72.9 Å². The molecule has 0 spiro atoms. The van der Waals surface area contributed by atoms with Gasteiger partial charge in [0, 0.05) is 38.4 Å². The Labute approximate surface area is 209 Å². The van der Waals surface area contributed by atoms with Crippen molar-refractivity contribution in [3.8, 4) is 5.75 Å². The monoisotopic (exact) mass is 481 g/mol. The maximum atomic E-state index is 12.2. The van der Waals surface area contributed by atoms with Crippen LogP contribution in [-0.4, -0.2) is 69.5 Å². The second-order valence-electron chi connectivity index (χ2n) is 9.68. The number of esters is 1. The summed E-state index contributed by atoms with van der Waals surface area (Å²) in [5.41, 5.74) is 3.64. The standard InChI is InChI=1S/C28H39N3O4/c1-33-15-16-35-26-7-3-5-23(17-26)24(18-27(32)34-2)20-31-14-12-21(19-31)8-10-25-11-9-22-6-4-13-29-28(22)30-25/h3,5,7,9,11,17,21,24H,4,6,8,10,12-16,18-20H2,1-2H3,(H,29,30)/t21-,24-/m1/s1. The molecule has 2 aliphatic rings. The van der Waals surface area contributed by atoms with Crippen LogP contribution in [0.5, 0.6) is 5.75 Å². The zero-order valence-corrected chi connectivity index (χ0v) is 21.1. The van der Waals surface area contributed by atoms with Crippen molar-refractivity contribution in [1.29, 1.82) is 0 Å². The van der Waals surface area contributed by atoms with Crippen molar-refractivity contribution in [3.05, 3.63) is 53.2 Å². The summed E-state index contributed by atoms with van der Waals surface area (Å²) in [6.45, 7) is 5.04. The average Bonchev–Trinajstić information content (AvgIpc) is 3.34. The van der Waals surface area contributed by atoms with Gasteiger partial charge in [-0.1, -0.05) is 18.2 Å². The average molecular weight is 482 g/mol. The van der Waals surface area contributed by atoms with Crippen molar-refractivity contribution in [2.24, 2.45) is 5.92 Å². The molecule has 35 heavy (non-hydrogen) atoms. The molecule has 2 aromatic rings. The summed E-state index contributed by atoms with van der Waals surface area (Å²) in [6.07, 6.45) is 6.03. The number of methoxy groups -OCH3 is 2. The molecular formula is C28H39N3O4. The van der Waals surface area contributed by atoms with Gasteiger partial charge in [-0.15, -0.1) is 0 Å². The number of ether oxygens (including phenoxy) is 3. The number of nitrogens with one attached hydrogen (secondary N) is 1. The molecule has 2 aliphatic heterocycles. The quantitative estimate of drug-likeness (QED) is 0.362. The number of anilines is 1. The molecule has 1 saturated heterocycles. The smallest absolute Gasteiger partial charge is 0.306 e. The lowest BCUT2D eigenvalue weighted by molar-refractivity contribution is -0.141. The van der Waals surface area contributed by atoms with Crippen LogP contribution in [0.2, 0.25) is 0 Å². The molecule has 7 nitrogen and oxygen atoms in total. The molecule has 190 valence electrons. The van der Waals surface area contributed by atoms with E-state index >= 15 is 0 Å². The predicted octanol–water partition coefficient (Wildman–Crippen LogP) is 4.07. The Bertz CT molecular complexity index is 967. The highest BCUT2D eigenvalue weighted by Gasteiger charge is 2.27. The normalized spacial score (nSPS) is 18.5. The summed E-state index contributed by atoms with van der Waals surface area (Å²) in [5.74, 6) is 2.44. The van der Waals surface area contributed by atoms with Crippen molar-refractivity contribution in [3.63, 3.8) is 0 Å². The van der Waals surface area contributed by atoms with Gasteiger partial charge in [0.05, 0.1) is 20.1 Å². The van der Waals surface area contributed by atoms with E-state index in [1.807, 2.05) is 18.2 Å². The summed E-state index contributed by atoms with van der Waals surface area (Å²) < 4.78 is 15.9. The fourth-order valence-corrected chi connectivity index (χ4v) is 5.16. The van der Waals surface area contributed by atoms with Crippen LogP contribution in [0.4, 0.5) is 5.82 Å². The van der Waals surface area contributed by atoms with Gasteiger partial charge in [0.25, 0.3) is 0 Å². The number of carbonyl (C=O) groups is 1. The zero-order valence-electron chi connectivity index (χ0n) is 21.1. The first-order chi connectivity index (χ1) is 17.1. The second-order valence-corrected chi connectivity index (χ2v) is 9.68. The summed E-state index contributed by atoms with van der Waals surface area (Å²) in [7, 11) is 3.12. The minimum Gasteiger partial charge on any atom is -0.491 e. The molecule has 0 aliphatic carbocycles. The number of aryl methyl sites for hydroxylation is 2. The number of nitrogens with zero attached hydrogens (tertiary/aromatic N) is 2. The van der Waals surface area contributed by atoms with Crippen LogP contribution in [-0.2, 0) is 27.1 Å². The van der Waals surface area contributed by atoms with Gasteiger partial charge in [0.15, 0.2) is 0 Å². The summed E-state index contributed by atoms with van der Waals surface area (Å²) in [6, 6.07) is 12.5. The van der Waals surface area contributed by atoms with Gasteiger partial charge in [-0.3, -0.25) is 4.79 Å². The predicted molar refractivity (Wildman–Crippen MR) is 137 cm³/mol. The van der Waals surface area contributed by atoms with Crippen LogP contribution in [0.1, 0.15) is 48.4 Å². The molecule has 1 N–H and O–H groups in total. The number of likely N-dealkylation sites (tertiary alicyclic amines) is 1. The highest BCUT2D eigenvalue weighted by Crippen LogP contribution is 2.29. The van der Waals surface area contributed by atoms with E-state index in [0.29, 0.717) is 25.6 Å². The number of aromatic nitrogens is 1. The third kappa shape index (κ3) is 7.42. The lowest BCUT2D eigenvalue weighted by Crippen LogP contribution is -2.28. The SMILES string of the molecule is COCCOc1cccc([C@H](CC(=O)OC)CN2CC[C@@H](CCc3ccc4c(n3)NCCC4)C2)c1. The molecule has 3 heterocycles. The molecule has 1 aromatic heterocycles. The first kappa shape index (κ1) is 25.5. The number of hydrogen-bond acceptors (Lipinski definition) is 7. The van der Waals surface area contributed by atoms with E-state index in [9.17, 15) is 4.79 Å². The molecule has 0 saturated carbocycles. The van der Waals surface area contributed by atoms with Gasteiger partial charge in [0.2, 0.25) is 0 Å². The molecule has 0 radical (unpaired) electrons. The van der Waals surface area contributed by atoms with Crippen LogP contribution in [0.25, 0.3) is 0 Å². The molecule has 4 rings (SSSR count). The van der Waals surface area contributed by atoms with Gasteiger partial charge in [-0.05, 0) is 73.9 Å². The van der Waals surface area contributed by atoms with Gasteiger partial charge in [-0.2, -0.15) is 0 Å². The molecule has 0 amide bonds. The number of fused-ring (bicyclic) bond motifs is 1. The molecule has 1 fully saturated rings. The van der Waals surface area contributed by atoms with E-state index in [2.05, 4.69) is 28.4 Å². The van der Waals surface area contributed by atoms with E-state index in [1.54, 1.807) is 7.11 Å². The summed E-state index contributed by atoms with van der Waals surface area (Å²) >= 11 is 0. The maximum Gasteiger partial charge on any atom is 0.306 e. The van der Waals surface area contributed by atoms with Gasteiger partial charge >= 0.3 is 5.97 Å². The molecule has 7 heteroatoms. The number of carbonyl (C=O) groups excluding carboxylic acids is 1. The Kier molecular flexibility index (Phi) is 9.37. The van der Waals surface area contributed by atoms with E-state index in [4.69, 9.17) is 19.2 Å². The zero-order chi connectivity index (χ0) is 24.5. The Balaban J connectivity index is 1.32. The van der Waals surface area contributed by atoms with Crippen LogP contribution >= 0.6 is 0 Å². The first-order valence-electron chi connectivity index (χ1n) is 12.9. The van der Waals surface area contributed by atoms with E-state index in [0.717, 1.165) is 62.6 Å². The highest BCUT2D eigenvalue weighted by atomic mass is 16.5. The summed E-state index contributed by atoms with van der Waals surface area (Å²) in [5, 5.41) is 3.44. The fraction of sp³-hybridized carbons (Fsp3) is 0.571. The first-order valence-corrected chi connectivity index (χ1v) is 12.9. The van der Waals surface area contributed by atoms with Gasteiger partial charge in [0.1, 0.15) is 18.2 Å². The molecule has 2 atom stereocenters. The molecular weight excluding hydrogens is 442 g/mol. The van der Waals surface area contributed by atoms with Crippen molar-refractivity contribution >= 4 is 11.8 Å². The van der Waals surface area contributed by atoms with Crippen LogP contribution in [0.15, 0.2) is 36.4 Å². The van der Waals surface area contributed by atoms with E-state index in [1.165, 1.54) is 31.2 Å². The Hall–Kier alpha value is -2.64. The molecule has 0 bridgehead atoms. The van der Waals surface area contributed by atoms with Crippen molar-refractivity contribution in [2.45, 2.75) is 44.4 Å². The Morgan fingerprint density at radius 1 is 1.23 bits per heavy atom. The third-order valence-electron chi connectivity index (χ3n) is 7.14. The Morgan fingerprint density at radius 3 is 3.00 bits per heavy atom. The van der Waals surface area contributed by atoms with Crippen molar-refractivity contribution in [2.75, 3.05) is 58.9 Å². The largest absolute Gasteiger partial charge is 0.491 e. The highest BCUT2D eigenvalue weighted by molar-refractivity contribution is 5.70. The number of rotatable bonds is 12. The fourth-order valence-electron chi connectivity index (χ4n) is 5.16. The van der Waals surface area contributed by atoms with E-state index < -0.39 is 0 Å². The molecule has 0 unspecified atom stereocenters. The van der Waals surface area contributed by atoms with Crippen molar-refractivity contribution < 1.29 is 19.0 Å². The lowest BCUT2D eigenvalue weighted by atomic mass is 9.94. The lowest BCUT2D eigenvalue weighted by Gasteiger charge is -2.24. The van der Waals surface area contributed by atoms with Crippen LogP contribution < -0.4 is 10.1 Å². The Morgan fingerprint density at radius 2 is 2.14 bits per heavy atom. The van der Waals surface area contributed by atoms with Crippen LogP contribution in [0.3, 0.4) is 0 Å². The van der Waals surface area contributed by atoms with Gasteiger partial charge < -0.3 is 24.4 Å². The minimum atomic E-state index is -0.177. The number of benzene rings is 1. The van der Waals surface area contributed by atoms with E-state index in [-0.39, 0.29) is 11.9 Å². The minimum absolute atomic E-state index is 0.0700. The van der Waals surface area contributed by atoms with Crippen LogP contribution in [0, 0.1) is 5.92 Å². The summed E-state index contributed by atoms with van der Waals surface area (Å²) in [4.78, 5) is 19.6. The maximum absolute atomic E-state index is 12.2. The number of hydrogen-bond donors (Lipinski definition) is 1.